The second-order valence-corrected chi connectivity index (χ2v) is 7.17. The minimum atomic E-state index is -3.26. The van der Waals surface area contributed by atoms with Crippen LogP contribution in [0.25, 0.3) is 11.1 Å². The van der Waals surface area contributed by atoms with Crippen LogP contribution < -0.4 is 0 Å². The molecule has 94 valence electrons. The van der Waals surface area contributed by atoms with E-state index in [4.69, 9.17) is 11.6 Å². The van der Waals surface area contributed by atoms with Crippen LogP contribution in [0.5, 0.6) is 0 Å². The summed E-state index contributed by atoms with van der Waals surface area (Å²) in [6, 6.07) is 12.2. The highest BCUT2D eigenvalue weighted by Crippen LogP contribution is 2.34. The van der Waals surface area contributed by atoms with Gasteiger partial charge in [0.15, 0.2) is 9.84 Å². The van der Waals surface area contributed by atoms with Gasteiger partial charge in [-0.3, -0.25) is 0 Å². The molecule has 0 saturated carbocycles. The number of halogens is 2. The fraction of sp³-hybridized carbons (Fsp3) is 0.0769. The third kappa shape index (κ3) is 2.76. The lowest BCUT2D eigenvalue weighted by molar-refractivity contribution is 0.602. The zero-order chi connectivity index (χ0) is 13.3. The van der Waals surface area contributed by atoms with Gasteiger partial charge in [-0.15, -0.1) is 0 Å². The Balaban J connectivity index is 2.72. The second-order valence-electron chi connectivity index (χ2n) is 3.89. The first kappa shape index (κ1) is 13.6. The summed E-state index contributed by atoms with van der Waals surface area (Å²) >= 11 is 9.29. The van der Waals surface area contributed by atoms with Gasteiger partial charge >= 0.3 is 0 Å². The maximum absolute atomic E-state index is 11.8. The minimum Gasteiger partial charge on any atom is -0.224 e. The highest BCUT2D eigenvalue weighted by atomic mass is 79.9. The minimum absolute atomic E-state index is 0.313. The molecule has 18 heavy (non-hydrogen) atoms. The Hall–Kier alpha value is -0.840. The Morgan fingerprint density at radius 3 is 2.33 bits per heavy atom. The molecular formula is C13H10BrClO2S. The molecule has 0 N–H and O–H groups in total. The smallest absolute Gasteiger partial charge is 0.176 e. The first-order chi connectivity index (χ1) is 8.39. The first-order valence-corrected chi connectivity index (χ1v) is 8.20. The predicted molar refractivity (Wildman–Crippen MR) is 77.7 cm³/mol. The molecular weight excluding hydrogens is 336 g/mol. The Labute approximate surface area is 120 Å². The van der Waals surface area contributed by atoms with E-state index in [-0.39, 0.29) is 0 Å². The number of hydrogen-bond acceptors (Lipinski definition) is 2. The van der Waals surface area contributed by atoms with Crippen LogP contribution in [0.1, 0.15) is 0 Å². The van der Waals surface area contributed by atoms with Crippen LogP contribution in [0.2, 0.25) is 5.02 Å². The van der Waals surface area contributed by atoms with Crippen molar-refractivity contribution in [2.24, 2.45) is 0 Å². The first-order valence-electron chi connectivity index (χ1n) is 5.14. The van der Waals surface area contributed by atoms with Crippen LogP contribution in [0.4, 0.5) is 0 Å². The van der Waals surface area contributed by atoms with Crippen molar-refractivity contribution in [2.45, 2.75) is 4.90 Å². The molecule has 0 radical (unpaired) electrons. The van der Waals surface area contributed by atoms with Crippen LogP contribution in [-0.2, 0) is 9.84 Å². The molecule has 0 aliphatic carbocycles. The highest BCUT2D eigenvalue weighted by molar-refractivity contribution is 9.10. The maximum Gasteiger partial charge on any atom is 0.176 e. The molecule has 0 unspecified atom stereocenters. The molecule has 0 aliphatic rings. The van der Waals surface area contributed by atoms with Crippen LogP contribution in [0, 0.1) is 0 Å². The topological polar surface area (TPSA) is 34.1 Å². The number of sulfone groups is 1. The average Bonchev–Trinajstić information content (AvgIpc) is 2.28. The Morgan fingerprint density at radius 1 is 1.06 bits per heavy atom. The van der Waals surface area contributed by atoms with E-state index < -0.39 is 9.84 Å². The molecule has 2 aromatic carbocycles. The van der Waals surface area contributed by atoms with Gasteiger partial charge in [-0.25, -0.2) is 8.42 Å². The van der Waals surface area contributed by atoms with Gasteiger partial charge in [-0.2, -0.15) is 0 Å². The summed E-state index contributed by atoms with van der Waals surface area (Å²) < 4.78 is 24.3. The summed E-state index contributed by atoms with van der Waals surface area (Å²) in [4.78, 5) is 0.313. The molecule has 0 spiro atoms. The molecule has 0 bridgehead atoms. The highest BCUT2D eigenvalue weighted by Gasteiger charge is 2.15. The second kappa shape index (κ2) is 5.03. The lowest BCUT2D eigenvalue weighted by Crippen LogP contribution is -1.99. The average molecular weight is 346 g/mol. The predicted octanol–water partition coefficient (Wildman–Crippen LogP) is 4.17. The van der Waals surface area contributed by atoms with Gasteiger partial charge in [0.2, 0.25) is 0 Å². The summed E-state index contributed by atoms with van der Waals surface area (Å²) in [7, 11) is -3.26. The molecule has 0 amide bonds. The van der Waals surface area contributed by atoms with E-state index in [2.05, 4.69) is 15.9 Å². The molecule has 5 heteroatoms. The summed E-state index contributed by atoms with van der Waals surface area (Å²) in [5.41, 5.74) is 1.48. The number of hydrogen-bond donors (Lipinski definition) is 0. The van der Waals surface area contributed by atoms with Gasteiger partial charge in [-0.05, 0) is 23.8 Å². The van der Waals surface area contributed by atoms with E-state index in [1.54, 1.807) is 36.4 Å². The monoisotopic (exact) mass is 344 g/mol. The van der Waals surface area contributed by atoms with Gasteiger partial charge < -0.3 is 0 Å². The van der Waals surface area contributed by atoms with Crippen molar-refractivity contribution in [3.8, 4) is 11.1 Å². The molecule has 0 aliphatic heterocycles. The van der Waals surface area contributed by atoms with Crippen molar-refractivity contribution in [1.82, 2.24) is 0 Å². The zero-order valence-electron chi connectivity index (χ0n) is 9.52. The van der Waals surface area contributed by atoms with E-state index in [0.29, 0.717) is 15.5 Å². The molecule has 2 rings (SSSR count). The van der Waals surface area contributed by atoms with Crippen molar-refractivity contribution in [2.75, 3.05) is 6.26 Å². The normalized spacial score (nSPS) is 11.5. The Bertz CT molecular complexity index is 696. The third-order valence-electron chi connectivity index (χ3n) is 2.51. The molecule has 0 fully saturated rings. The Kier molecular flexibility index (Phi) is 3.80. The van der Waals surface area contributed by atoms with Gasteiger partial charge in [0.25, 0.3) is 0 Å². The van der Waals surface area contributed by atoms with Crippen molar-refractivity contribution in [1.29, 1.82) is 0 Å². The van der Waals surface area contributed by atoms with Crippen molar-refractivity contribution in [3.05, 3.63) is 52.0 Å². The van der Waals surface area contributed by atoms with Crippen molar-refractivity contribution < 1.29 is 8.42 Å². The molecule has 0 aromatic heterocycles. The lowest BCUT2D eigenvalue weighted by Gasteiger charge is -2.10. The molecule has 2 aromatic rings. The summed E-state index contributed by atoms with van der Waals surface area (Å²) in [6.45, 7) is 0. The fourth-order valence-corrected chi connectivity index (χ4v) is 3.52. The summed E-state index contributed by atoms with van der Waals surface area (Å²) in [5.74, 6) is 0. The van der Waals surface area contributed by atoms with Crippen LogP contribution in [0.15, 0.2) is 51.8 Å². The zero-order valence-corrected chi connectivity index (χ0v) is 12.7. The van der Waals surface area contributed by atoms with Gasteiger partial charge in [0.1, 0.15) is 0 Å². The third-order valence-corrected chi connectivity index (χ3v) is 4.55. The molecule has 2 nitrogen and oxygen atoms in total. The van der Waals surface area contributed by atoms with Crippen LogP contribution in [0.3, 0.4) is 0 Å². The van der Waals surface area contributed by atoms with Crippen molar-refractivity contribution in [3.63, 3.8) is 0 Å². The van der Waals surface area contributed by atoms with Gasteiger partial charge in [-0.1, -0.05) is 51.8 Å². The molecule has 0 saturated heterocycles. The van der Waals surface area contributed by atoms with E-state index in [0.717, 1.165) is 10.0 Å². The van der Waals surface area contributed by atoms with Gasteiger partial charge in [0, 0.05) is 21.3 Å². The van der Waals surface area contributed by atoms with Crippen LogP contribution >= 0.6 is 27.5 Å². The standard InChI is InChI=1S/C13H10BrClO2S/c1-18(16,17)13-5-3-2-4-11(13)10-7-6-9(15)8-12(10)14/h2-8H,1H3. The quantitative estimate of drug-likeness (QED) is 0.818. The number of rotatable bonds is 2. The maximum atomic E-state index is 11.8. The SMILES string of the molecule is CS(=O)(=O)c1ccccc1-c1ccc(Cl)cc1Br. The van der Waals surface area contributed by atoms with Gasteiger partial charge in [0.05, 0.1) is 4.90 Å². The van der Waals surface area contributed by atoms with Crippen LogP contribution in [-0.4, -0.2) is 14.7 Å². The molecule has 0 atom stereocenters. The summed E-state index contributed by atoms with van der Waals surface area (Å²) in [5, 5.41) is 0.600. The van der Waals surface area contributed by atoms with E-state index >= 15 is 0 Å². The lowest BCUT2D eigenvalue weighted by atomic mass is 10.1. The van der Waals surface area contributed by atoms with E-state index in [1.165, 1.54) is 6.26 Å². The summed E-state index contributed by atoms with van der Waals surface area (Å²) in [6.07, 6.45) is 1.20. The van der Waals surface area contributed by atoms with E-state index in [9.17, 15) is 8.42 Å². The van der Waals surface area contributed by atoms with Crippen molar-refractivity contribution >= 4 is 37.4 Å². The largest absolute Gasteiger partial charge is 0.224 e. The number of benzene rings is 2. The molecule has 0 heterocycles. The fourth-order valence-electron chi connectivity index (χ4n) is 1.72. The van der Waals surface area contributed by atoms with E-state index in [1.807, 2.05) is 6.07 Å². The Morgan fingerprint density at radius 2 is 1.72 bits per heavy atom.